The SMILES string of the molecule is COC(=O)c1ccc2c(c1)CC1(CC2)CCN(S(=O)(=O)c2ccc(C)cc2)C1.COC(=O)c1ccc2c(c1)CC1(CCNC1)CC2.Cc1ccc(S(=O)(=O)N2CCC3(CCc4ccc(C(=O)CO)cc4C3)C2)cc1. The van der Waals surface area contributed by atoms with Gasteiger partial charge in [0.05, 0.1) is 35.1 Å². The van der Waals surface area contributed by atoms with E-state index in [0.29, 0.717) is 58.1 Å². The molecule has 11 rings (SSSR count). The van der Waals surface area contributed by atoms with E-state index in [1.807, 2.05) is 80.6 Å². The van der Waals surface area contributed by atoms with Crippen LogP contribution in [0.2, 0.25) is 0 Å². The zero-order chi connectivity index (χ0) is 52.5. The van der Waals surface area contributed by atoms with Crippen molar-refractivity contribution in [1.82, 2.24) is 13.9 Å². The molecule has 15 heteroatoms. The number of hydrogen-bond donors (Lipinski definition) is 2. The maximum absolute atomic E-state index is 13.1. The van der Waals surface area contributed by atoms with Gasteiger partial charge in [0, 0.05) is 38.3 Å². The van der Waals surface area contributed by atoms with Gasteiger partial charge >= 0.3 is 11.9 Å². The van der Waals surface area contributed by atoms with Crippen LogP contribution in [0.1, 0.15) is 114 Å². The van der Waals surface area contributed by atoms with Crippen LogP contribution >= 0.6 is 0 Å². The maximum atomic E-state index is 13.1. The Morgan fingerprint density at radius 2 is 0.919 bits per heavy atom. The summed E-state index contributed by atoms with van der Waals surface area (Å²) in [6.07, 6.45) is 11.7. The Balaban J connectivity index is 0.000000140. The summed E-state index contributed by atoms with van der Waals surface area (Å²) in [6, 6.07) is 31.4. The Morgan fingerprint density at radius 1 is 0.527 bits per heavy atom. The van der Waals surface area contributed by atoms with Crippen LogP contribution in [-0.4, -0.2) is 108 Å². The average Bonchev–Trinajstić information content (AvgIpc) is 4.17. The summed E-state index contributed by atoms with van der Waals surface area (Å²) in [5.41, 5.74) is 11.6. The van der Waals surface area contributed by atoms with Gasteiger partial charge in [0.2, 0.25) is 20.0 Å². The number of ketones is 1. The van der Waals surface area contributed by atoms with Crippen molar-refractivity contribution in [2.24, 2.45) is 16.2 Å². The highest BCUT2D eigenvalue weighted by Gasteiger charge is 2.46. The van der Waals surface area contributed by atoms with E-state index in [2.05, 4.69) is 11.4 Å². The molecule has 0 bridgehead atoms. The summed E-state index contributed by atoms with van der Waals surface area (Å²) >= 11 is 0. The van der Waals surface area contributed by atoms with Crippen LogP contribution in [-0.2, 0) is 68.0 Å². The van der Waals surface area contributed by atoms with Gasteiger partial charge in [0.15, 0.2) is 5.78 Å². The number of sulfonamides is 2. The molecule has 3 fully saturated rings. The highest BCUT2D eigenvalue weighted by Crippen LogP contribution is 2.46. The Labute approximate surface area is 436 Å². The normalized spacial score (nSPS) is 23.2. The van der Waals surface area contributed by atoms with Crippen LogP contribution in [0, 0.1) is 30.1 Å². The molecule has 3 spiro atoms. The molecule has 0 radical (unpaired) electrons. The first-order chi connectivity index (χ1) is 35.4. The van der Waals surface area contributed by atoms with Gasteiger partial charge in [0.1, 0.15) is 6.61 Å². The molecule has 5 aromatic carbocycles. The zero-order valence-corrected chi connectivity index (χ0v) is 44.7. The quantitative estimate of drug-likeness (QED) is 0.114. The van der Waals surface area contributed by atoms with Gasteiger partial charge in [-0.15, -0.1) is 0 Å². The van der Waals surface area contributed by atoms with Crippen molar-refractivity contribution >= 4 is 37.8 Å². The monoisotopic (exact) mass is 1040 g/mol. The number of esters is 2. The Bertz CT molecular complexity index is 2990. The number of aliphatic hydroxyl groups excluding tert-OH is 1. The first kappa shape index (κ1) is 53.3. The highest BCUT2D eigenvalue weighted by atomic mass is 32.2. The topological polar surface area (TPSA) is 177 Å². The lowest BCUT2D eigenvalue weighted by molar-refractivity contribution is 0.0591. The van der Waals surface area contributed by atoms with Crippen molar-refractivity contribution in [2.75, 3.05) is 60.1 Å². The predicted octanol–water partition coefficient (Wildman–Crippen LogP) is 8.03. The second-order valence-corrected chi connectivity index (χ2v) is 25.7. The number of aliphatic hydroxyl groups is 1. The van der Waals surface area contributed by atoms with Gasteiger partial charge in [-0.3, -0.25) is 4.79 Å². The highest BCUT2D eigenvalue weighted by molar-refractivity contribution is 7.89. The van der Waals surface area contributed by atoms with Crippen molar-refractivity contribution in [3.63, 3.8) is 0 Å². The number of aryl methyl sites for hydroxylation is 5. The van der Waals surface area contributed by atoms with Gasteiger partial charge < -0.3 is 19.9 Å². The summed E-state index contributed by atoms with van der Waals surface area (Å²) in [7, 11) is -4.14. The summed E-state index contributed by atoms with van der Waals surface area (Å²) in [4.78, 5) is 36.0. The number of hydrogen-bond acceptors (Lipinski definition) is 11. The Hall–Kier alpha value is -5.55. The minimum atomic E-state index is -3.49. The van der Waals surface area contributed by atoms with Gasteiger partial charge in [-0.1, -0.05) is 59.7 Å². The lowest BCUT2D eigenvalue weighted by Gasteiger charge is -2.35. The van der Waals surface area contributed by atoms with E-state index in [1.165, 1.54) is 49.3 Å². The molecule has 392 valence electrons. The van der Waals surface area contributed by atoms with Crippen LogP contribution in [0.4, 0.5) is 0 Å². The van der Waals surface area contributed by atoms with E-state index in [0.717, 1.165) is 99.6 Å². The molecule has 3 atom stereocenters. The van der Waals surface area contributed by atoms with Crippen molar-refractivity contribution in [3.05, 3.63) is 164 Å². The second kappa shape index (κ2) is 21.6. The van der Waals surface area contributed by atoms with Crippen molar-refractivity contribution < 1.29 is 45.8 Å². The third kappa shape index (κ3) is 11.2. The standard InChI is InChI=1S/2C22H25NO4S.C15H19NO2/c1-16-3-7-20(8-4-16)28(25,26)23-12-11-22(15-23)10-9-17-5-6-18(21(24)27-2)13-19(17)14-22;1-16-2-6-20(7-3-16)28(26,27)23-11-10-22(15-23)9-8-17-4-5-18(21(25)14-24)12-19(17)13-22;1-18-14(17)12-3-2-11-4-5-15(6-7-16-10-15)9-13(11)8-12/h3-8,13H,9-12,14-15H2,1-2H3;2-7,12,24H,8-11,13-15H2,1H3;2-3,8,16H,4-7,9-10H2,1H3. The van der Waals surface area contributed by atoms with Crippen LogP contribution in [0.25, 0.3) is 0 Å². The van der Waals surface area contributed by atoms with E-state index < -0.39 is 26.7 Å². The number of nitrogens with zero attached hydrogens (tertiary/aromatic N) is 2. The number of methoxy groups -OCH3 is 2. The van der Waals surface area contributed by atoms with Gasteiger partial charge in [-0.05, 0) is 202 Å². The van der Waals surface area contributed by atoms with E-state index in [-0.39, 0.29) is 28.6 Å². The number of carbonyl (C=O) groups is 3. The van der Waals surface area contributed by atoms with Gasteiger partial charge in [-0.25, -0.2) is 26.4 Å². The summed E-state index contributed by atoms with van der Waals surface area (Å²) in [6.45, 7) is 7.77. The molecule has 3 heterocycles. The lowest BCUT2D eigenvalue weighted by Crippen LogP contribution is -2.35. The molecule has 5 aromatic rings. The zero-order valence-electron chi connectivity index (χ0n) is 43.1. The van der Waals surface area contributed by atoms with E-state index in [9.17, 15) is 31.2 Å². The Kier molecular flexibility index (Phi) is 15.5. The van der Waals surface area contributed by atoms with Crippen LogP contribution in [0.15, 0.2) is 113 Å². The molecule has 0 aromatic heterocycles. The molecule has 13 nitrogen and oxygen atoms in total. The lowest BCUT2D eigenvalue weighted by atomic mass is 9.71. The fraction of sp³-hybridized carbons (Fsp3) is 0.441. The second-order valence-electron chi connectivity index (χ2n) is 21.8. The van der Waals surface area contributed by atoms with Crippen LogP contribution in [0.3, 0.4) is 0 Å². The molecule has 6 aliphatic rings. The molecule has 2 N–H and O–H groups in total. The molecule has 3 saturated heterocycles. The maximum Gasteiger partial charge on any atom is 0.337 e. The first-order valence-corrected chi connectivity index (χ1v) is 28.8. The Morgan fingerprint density at radius 3 is 1.31 bits per heavy atom. The summed E-state index contributed by atoms with van der Waals surface area (Å²) < 4.78 is 65.1. The molecular weight excluding hydrogens is 975 g/mol. The molecule has 0 saturated carbocycles. The molecule has 3 aliphatic heterocycles. The number of rotatable bonds is 8. The molecule has 3 unspecified atom stereocenters. The van der Waals surface area contributed by atoms with Crippen LogP contribution in [0.5, 0.6) is 0 Å². The third-order valence-electron chi connectivity index (χ3n) is 16.9. The predicted molar refractivity (Wildman–Crippen MR) is 283 cm³/mol. The smallest absolute Gasteiger partial charge is 0.337 e. The van der Waals surface area contributed by atoms with Crippen molar-refractivity contribution in [3.8, 4) is 0 Å². The summed E-state index contributed by atoms with van der Waals surface area (Å²) in [5.74, 6) is -0.850. The van der Waals surface area contributed by atoms with Gasteiger partial charge in [0.25, 0.3) is 0 Å². The average molecular weight is 1040 g/mol. The molecular formula is C59H69N3O10S2. The first-order valence-electron chi connectivity index (χ1n) is 25.9. The number of fused-ring (bicyclic) bond motifs is 3. The fourth-order valence-corrected chi connectivity index (χ4v) is 15.4. The molecule has 74 heavy (non-hydrogen) atoms. The molecule has 3 aliphatic carbocycles. The minimum Gasteiger partial charge on any atom is -0.465 e. The third-order valence-corrected chi connectivity index (χ3v) is 20.6. The van der Waals surface area contributed by atoms with Gasteiger partial charge in [-0.2, -0.15) is 8.61 Å². The number of ether oxygens (including phenoxy) is 2. The number of nitrogens with one attached hydrogen (secondary N) is 1. The van der Waals surface area contributed by atoms with E-state index in [4.69, 9.17) is 14.6 Å². The number of Topliss-reactive ketones (excluding diaryl/α,β-unsaturated/α-hetero) is 1. The molecule has 0 amide bonds. The minimum absolute atomic E-state index is 0.0560. The van der Waals surface area contributed by atoms with Crippen molar-refractivity contribution in [2.45, 2.75) is 101 Å². The van der Waals surface area contributed by atoms with E-state index >= 15 is 0 Å². The summed E-state index contributed by atoms with van der Waals surface area (Å²) in [5, 5.41) is 12.6. The van der Waals surface area contributed by atoms with Crippen molar-refractivity contribution in [1.29, 1.82) is 0 Å². The number of carbonyl (C=O) groups excluding carboxylic acids is 3. The largest absolute Gasteiger partial charge is 0.465 e. The van der Waals surface area contributed by atoms with Crippen LogP contribution < -0.4 is 5.32 Å². The fourth-order valence-electron chi connectivity index (χ4n) is 12.3. The van der Waals surface area contributed by atoms with E-state index in [1.54, 1.807) is 38.9 Å². The number of benzene rings is 5.